The highest BCUT2D eigenvalue weighted by Crippen LogP contribution is 2.32. The number of para-hydroxylation sites is 1. The first kappa shape index (κ1) is 18.9. The molecule has 1 heterocycles. The van der Waals surface area contributed by atoms with Gasteiger partial charge in [-0.3, -0.25) is 9.48 Å². The smallest absolute Gasteiger partial charge is 0.259 e. The summed E-state index contributed by atoms with van der Waals surface area (Å²) < 4.78 is 55.6. The number of halogens is 5. The van der Waals surface area contributed by atoms with Gasteiger partial charge in [0.15, 0.2) is 11.6 Å². The number of hydrogen-bond donors (Lipinski definition) is 1. The molecular formula is C18H12ClF4N3O. The van der Waals surface area contributed by atoms with Crippen LogP contribution in [0.15, 0.2) is 42.6 Å². The predicted molar refractivity (Wildman–Crippen MR) is 92.6 cm³/mol. The number of nitrogens with one attached hydrogen (secondary N) is 1. The van der Waals surface area contributed by atoms with Crippen molar-refractivity contribution in [2.24, 2.45) is 7.05 Å². The van der Waals surface area contributed by atoms with Crippen LogP contribution in [0.1, 0.15) is 21.7 Å². The quantitative estimate of drug-likeness (QED) is 0.384. The number of amides is 1. The largest absolute Gasteiger partial charge is 0.321 e. The van der Waals surface area contributed by atoms with Crippen molar-refractivity contribution in [3.05, 3.63) is 71.3 Å². The van der Waals surface area contributed by atoms with Crippen molar-refractivity contribution < 1.29 is 22.4 Å². The van der Waals surface area contributed by atoms with Crippen LogP contribution in [-0.4, -0.2) is 15.7 Å². The molecule has 1 N–H and O–H groups in total. The Balaban J connectivity index is 2.01. The van der Waals surface area contributed by atoms with E-state index < -0.39 is 29.0 Å². The summed E-state index contributed by atoms with van der Waals surface area (Å²) in [6.45, 7) is 0. The molecule has 0 aliphatic carbocycles. The predicted octanol–water partition coefficient (Wildman–Crippen LogP) is 4.96. The summed E-state index contributed by atoms with van der Waals surface area (Å²) in [6.07, 6.45) is 1.28. The number of anilines is 1. The van der Waals surface area contributed by atoms with E-state index in [0.717, 1.165) is 0 Å². The van der Waals surface area contributed by atoms with Gasteiger partial charge in [-0.25, -0.2) is 17.6 Å². The van der Waals surface area contributed by atoms with E-state index in [4.69, 9.17) is 11.6 Å². The average Bonchev–Trinajstić information content (AvgIpc) is 3.01. The first-order valence-electron chi connectivity index (χ1n) is 7.65. The molecule has 0 aliphatic heterocycles. The number of nitrogens with zero attached hydrogens (tertiary/aromatic N) is 2. The van der Waals surface area contributed by atoms with E-state index in [1.807, 2.05) is 0 Å². The normalized spacial score (nSPS) is 12.1. The molecule has 1 atom stereocenters. The highest BCUT2D eigenvalue weighted by Gasteiger charge is 2.23. The summed E-state index contributed by atoms with van der Waals surface area (Å²) in [4.78, 5) is 12.5. The molecular weight excluding hydrogens is 386 g/mol. The van der Waals surface area contributed by atoms with Crippen molar-refractivity contribution in [3.8, 4) is 11.1 Å². The number of carbonyl (C=O) groups excluding carboxylic acids is 1. The average molecular weight is 398 g/mol. The molecule has 3 aromatic rings. The summed E-state index contributed by atoms with van der Waals surface area (Å²) in [5, 5.41) is 6.28. The highest BCUT2D eigenvalue weighted by molar-refractivity contribution is 6.20. The molecule has 2 aromatic carbocycles. The third-order valence-electron chi connectivity index (χ3n) is 3.78. The van der Waals surface area contributed by atoms with Gasteiger partial charge in [0.2, 0.25) is 5.63 Å². The number of carbonyl (C=O) groups is 1. The maximum Gasteiger partial charge on any atom is 0.259 e. The molecule has 4 nitrogen and oxygen atoms in total. The summed E-state index contributed by atoms with van der Waals surface area (Å²) >= 11 is 5.40. The molecule has 9 heteroatoms. The minimum Gasteiger partial charge on any atom is -0.321 e. The van der Waals surface area contributed by atoms with E-state index >= 15 is 0 Å². The summed E-state index contributed by atoms with van der Waals surface area (Å²) in [6, 6.07) is 7.08. The third-order valence-corrected chi connectivity index (χ3v) is 3.99. The molecule has 0 spiro atoms. The first-order valence-corrected chi connectivity index (χ1v) is 8.08. The molecule has 1 aromatic heterocycles. The van der Waals surface area contributed by atoms with Crippen LogP contribution in [0.4, 0.5) is 23.2 Å². The van der Waals surface area contributed by atoms with Crippen LogP contribution in [0.25, 0.3) is 11.1 Å². The molecule has 1 unspecified atom stereocenters. The zero-order chi connectivity index (χ0) is 19.7. The zero-order valence-corrected chi connectivity index (χ0v) is 14.6. The minimum atomic E-state index is -1.99. The van der Waals surface area contributed by atoms with Crippen molar-refractivity contribution in [1.29, 1.82) is 0 Å². The standard InChI is InChI=1S/C18H12ClF4N3O/c1-26-8-11(16(25-26)17(19)23)18(27)24-15-5-3-2-4-9(15)10-6-13(21)14(22)7-12(10)20/h2-8,17H,1H3,(H,24,27). The molecule has 140 valence electrons. The Labute approximate surface area is 156 Å². The van der Waals surface area contributed by atoms with Gasteiger partial charge in [0.25, 0.3) is 5.91 Å². The lowest BCUT2D eigenvalue weighted by molar-refractivity contribution is 0.102. The van der Waals surface area contributed by atoms with E-state index in [0.29, 0.717) is 12.1 Å². The van der Waals surface area contributed by atoms with E-state index in [-0.39, 0.29) is 28.1 Å². The number of aryl methyl sites for hydroxylation is 1. The Kier molecular flexibility index (Phi) is 5.18. The lowest BCUT2D eigenvalue weighted by atomic mass is 10.0. The van der Waals surface area contributed by atoms with Gasteiger partial charge in [0, 0.05) is 36.1 Å². The lowest BCUT2D eigenvalue weighted by Gasteiger charge is -2.12. The molecule has 0 bridgehead atoms. The topological polar surface area (TPSA) is 46.9 Å². The fourth-order valence-corrected chi connectivity index (χ4v) is 2.75. The molecule has 0 aliphatic rings. The van der Waals surface area contributed by atoms with E-state index in [1.165, 1.54) is 36.1 Å². The number of hydrogen-bond acceptors (Lipinski definition) is 2. The van der Waals surface area contributed by atoms with Crippen LogP contribution in [0.2, 0.25) is 0 Å². The van der Waals surface area contributed by atoms with Crippen LogP contribution in [-0.2, 0) is 7.05 Å². The Morgan fingerprint density at radius 3 is 2.48 bits per heavy atom. The molecule has 0 saturated carbocycles. The van der Waals surface area contributed by atoms with E-state index in [9.17, 15) is 22.4 Å². The summed E-state index contributed by atoms with van der Waals surface area (Å²) in [7, 11) is 1.49. The van der Waals surface area contributed by atoms with E-state index in [1.54, 1.807) is 6.07 Å². The van der Waals surface area contributed by atoms with Crippen molar-refractivity contribution in [2.75, 3.05) is 5.32 Å². The van der Waals surface area contributed by atoms with Gasteiger partial charge in [-0.05, 0) is 12.1 Å². The maximum absolute atomic E-state index is 14.1. The molecule has 1 amide bonds. The second kappa shape index (κ2) is 7.40. The van der Waals surface area contributed by atoms with Crippen LogP contribution < -0.4 is 5.32 Å². The van der Waals surface area contributed by atoms with Gasteiger partial charge >= 0.3 is 0 Å². The van der Waals surface area contributed by atoms with Crippen molar-refractivity contribution in [2.45, 2.75) is 5.63 Å². The van der Waals surface area contributed by atoms with Crippen LogP contribution >= 0.6 is 11.6 Å². The number of rotatable bonds is 4. The Hall–Kier alpha value is -2.87. The Bertz CT molecular complexity index is 1020. The first-order chi connectivity index (χ1) is 12.8. The number of alkyl halides is 2. The van der Waals surface area contributed by atoms with Crippen LogP contribution in [0.5, 0.6) is 0 Å². The Morgan fingerprint density at radius 2 is 1.78 bits per heavy atom. The highest BCUT2D eigenvalue weighted by atomic mass is 35.5. The maximum atomic E-state index is 14.1. The number of benzene rings is 2. The van der Waals surface area contributed by atoms with Gasteiger partial charge in [-0.15, -0.1) is 0 Å². The second-order valence-electron chi connectivity index (χ2n) is 5.65. The van der Waals surface area contributed by atoms with Gasteiger partial charge < -0.3 is 5.32 Å². The molecule has 0 saturated heterocycles. The van der Waals surface area contributed by atoms with Crippen molar-refractivity contribution >= 4 is 23.2 Å². The summed E-state index contributed by atoms with van der Waals surface area (Å²) in [5.41, 5.74) is -2.38. The molecule has 0 radical (unpaired) electrons. The van der Waals surface area contributed by atoms with Crippen molar-refractivity contribution in [3.63, 3.8) is 0 Å². The molecule has 3 rings (SSSR count). The summed E-state index contributed by atoms with van der Waals surface area (Å²) in [5.74, 6) is -4.29. The zero-order valence-electron chi connectivity index (χ0n) is 13.8. The van der Waals surface area contributed by atoms with Gasteiger partial charge in [0.05, 0.1) is 5.56 Å². The van der Waals surface area contributed by atoms with Gasteiger partial charge in [0.1, 0.15) is 11.5 Å². The SMILES string of the molecule is Cn1cc(C(=O)Nc2ccccc2-c2cc(F)c(F)cc2F)c(C(F)Cl)n1. The van der Waals surface area contributed by atoms with Gasteiger partial charge in [-0.1, -0.05) is 29.8 Å². The lowest BCUT2D eigenvalue weighted by Crippen LogP contribution is -2.14. The fraction of sp³-hybridized carbons (Fsp3) is 0.111. The molecule has 27 heavy (non-hydrogen) atoms. The van der Waals surface area contributed by atoms with Crippen molar-refractivity contribution in [1.82, 2.24) is 9.78 Å². The monoisotopic (exact) mass is 397 g/mol. The molecule has 0 fully saturated rings. The second-order valence-corrected chi connectivity index (χ2v) is 6.03. The van der Waals surface area contributed by atoms with Crippen LogP contribution in [0, 0.1) is 17.5 Å². The third kappa shape index (κ3) is 3.80. The minimum absolute atomic E-state index is 0.111. The fourth-order valence-electron chi connectivity index (χ4n) is 2.59. The van der Waals surface area contributed by atoms with E-state index in [2.05, 4.69) is 10.4 Å². The van der Waals surface area contributed by atoms with Gasteiger partial charge in [-0.2, -0.15) is 5.10 Å². The Morgan fingerprint density at radius 1 is 1.11 bits per heavy atom. The number of aromatic nitrogens is 2. The van der Waals surface area contributed by atoms with Crippen LogP contribution in [0.3, 0.4) is 0 Å².